The lowest BCUT2D eigenvalue weighted by molar-refractivity contribution is 0.0526. The van der Waals surface area contributed by atoms with Crippen molar-refractivity contribution in [2.24, 2.45) is 5.92 Å². The molecule has 3 rings (SSSR count). The molecule has 0 unspecified atom stereocenters. The number of nitrogens with one attached hydrogen (secondary N) is 1. The van der Waals surface area contributed by atoms with Gasteiger partial charge in [-0.15, -0.1) is 11.3 Å². The maximum Gasteiger partial charge on any atom is 0.341 e. The van der Waals surface area contributed by atoms with Crippen LogP contribution in [0.25, 0.3) is 0 Å². The number of ether oxygens (including phenoxy) is 1. The summed E-state index contributed by atoms with van der Waals surface area (Å²) in [5.41, 5.74) is 3.16. The van der Waals surface area contributed by atoms with Crippen molar-refractivity contribution in [2.45, 2.75) is 46.5 Å². The summed E-state index contributed by atoms with van der Waals surface area (Å²) in [4.78, 5) is 26.5. The van der Waals surface area contributed by atoms with Crippen molar-refractivity contribution in [1.82, 2.24) is 0 Å². The number of amides is 1. The molecule has 1 N–H and O–H groups in total. The predicted molar refractivity (Wildman–Crippen MR) is 105 cm³/mol. The molecule has 1 aromatic carbocycles. The van der Waals surface area contributed by atoms with Crippen molar-refractivity contribution in [1.29, 1.82) is 0 Å². The van der Waals surface area contributed by atoms with Crippen LogP contribution in [0.15, 0.2) is 24.3 Å². The molecular weight excluding hydrogens is 346 g/mol. The van der Waals surface area contributed by atoms with Crippen molar-refractivity contribution < 1.29 is 14.3 Å². The number of hydrogen-bond donors (Lipinski definition) is 1. The number of fused-ring (bicyclic) bond motifs is 1. The van der Waals surface area contributed by atoms with Crippen LogP contribution in [0, 0.1) is 12.8 Å². The van der Waals surface area contributed by atoms with E-state index in [0.717, 1.165) is 36.8 Å². The maximum absolute atomic E-state index is 12.7. The number of hydrogen-bond acceptors (Lipinski definition) is 4. The summed E-state index contributed by atoms with van der Waals surface area (Å²) in [6, 6.07) is 7.46. The number of carbonyl (C=O) groups is 2. The Hall–Kier alpha value is -2.14. The molecule has 1 aliphatic rings. The lowest BCUT2D eigenvalue weighted by Gasteiger charge is -2.20. The fourth-order valence-electron chi connectivity index (χ4n) is 3.51. The SMILES string of the molecule is CCOC(=O)c1c(NC(=O)c2ccccc2C)sc2c1CC[C@H](CC)C2. The van der Waals surface area contributed by atoms with Gasteiger partial charge in [0.05, 0.1) is 12.2 Å². The number of benzene rings is 1. The van der Waals surface area contributed by atoms with Gasteiger partial charge in [-0.05, 0) is 56.2 Å². The van der Waals surface area contributed by atoms with Gasteiger partial charge >= 0.3 is 5.97 Å². The first kappa shape index (κ1) is 18.6. The van der Waals surface area contributed by atoms with Crippen LogP contribution in [-0.4, -0.2) is 18.5 Å². The minimum absolute atomic E-state index is 0.181. The molecule has 2 aromatic rings. The fourth-order valence-corrected chi connectivity index (χ4v) is 4.85. The zero-order valence-corrected chi connectivity index (χ0v) is 16.4. The second kappa shape index (κ2) is 8.04. The molecule has 0 aliphatic heterocycles. The third kappa shape index (κ3) is 3.68. The predicted octanol–water partition coefficient (Wildman–Crippen LogP) is 5.00. The van der Waals surface area contributed by atoms with Crippen LogP contribution < -0.4 is 5.32 Å². The smallest absolute Gasteiger partial charge is 0.341 e. The first-order valence-electron chi connectivity index (χ1n) is 9.23. The normalized spacial score (nSPS) is 16.0. The van der Waals surface area contributed by atoms with E-state index in [0.29, 0.717) is 28.7 Å². The van der Waals surface area contributed by atoms with E-state index in [-0.39, 0.29) is 11.9 Å². The Labute approximate surface area is 158 Å². The minimum atomic E-state index is -0.333. The monoisotopic (exact) mass is 371 g/mol. The Bertz CT molecular complexity index is 825. The van der Waals surface area contributed by atoms with Gasteiger partial charge in [0.2, 0.25) is 0 Å². The summed E-state index contributed by atoms with van der Waals surface area (Å²) in [6.45, 7) is 6.24. The first-order valence-corrected chi connectivity index (χ1v) is 10.0. The molecular formula is C21H25NO3S. The van der Waals surface area contributed by atoms with Crippen LogP contribution in [0.1, 0.15) is 63.4 Å². The quantitative estimate of drug-likeness (QED) is 0.753. The van der Waals surface area contributed by atoms with Gasteiger partial charge in [0.1, 0.15) is 5.00 Å². The number of anilines is 1. The van der Waals surface area contributed by atoms with Gasteiger partial charge in [-0.25, -0.2) is 4.79 Å². The minimum Gasteiger partial charge on any atom is -0.462 e. The highest BCUT2D eigenvalue weighted by Gasteiger charge is 2.30. The van der Waals surface area contributed by atoms with Crippen LogP contribution in [0.2, 0.25) is 0 Å². The molecule has 0 saturated heterocycles. The van der Waals surface area contributed by atoms with E-state index in [2.05, 4.69) is 12.2 Å². The zero-order chi connectivity index (χ0) is 18.7. The molecule has 1 aromatic heterocycles. The van der Waals surface area contributed by atoms with Crippen molar-refractivity contribution >= 4 is 28.2 Å². The van der Waals surface area contributed by atoms with Crippen LogP contribution in [-0.2, 0) is 17.6 Å². The highest BCUT2D eigenvalue weighted by atomic mass is 32.1. The van der Waals surface area contributed by atoms with E-state index in [1.165, 1.54) is 16.2 Å². The topological polar surface area (TPSA) is 55.4 Å². The standard InChI is InChI=1S/C21H25NO3S/c1-4-14-10-11-16-17(12-14)26-20(18(16)21(24)25-5-2)22-19(23)15-9-7-6-8-13(15)3/h6-9,14H,4-5,10-12H2,1-3H3,(H,22,23)/t14-/m0/s1. The lowest BCUT2D eigenvalue weighted by Crippen LogP contribution is -2.17. The fraction of sp³-hybridized carbons (Fsp3) is 0.429. The van der Waals surface area contributed by atoms with Crippen LogP contribution in [0.5, 0.6) is 0 Å². The molecule has 0 saturated carbocycles. The van der Waals surface area contributed by atoms with Crippen molar-refractivity contribution in [2.75, 3.05) is 11.9 Å². The summed E-state index contributed by atoms with van der Waals surface area (Å²) >= 11 is 1.53. The molecule has 0 radical (unpaired) electrons. The Kier molecular flexibility index (Phi) is 5.77. The Balaban J connectivity index is 1.95. The highest BCUT2D eigenvalue weighted by molar-refractivity contribution is 7.17. The first-order chi connectivity index (χ1) is 12.5. The highest BCUT2D eigenvalue weighted by Crippen LogP contribution is 2.41. The Morgan fingerprint density at radius 3 is 2.73 bits per heavy atom. The summed E-state index contributed by atoms with van der Waals surface area (Å²) in [6.07, 6.45) is 4.07. The summed E-state index contributed by atoms with van der Waals surface area (Å²) in [5, 5.41) is 3.60. The number of aryl methyl sites for hydroxylation is 1. The third-order valence-corrected chi connectivity index (χ3v) is 6.21. The molecule has 0 bridgehead atoms. The van der Waals surface area contributed by atoms with Crippen LogP contribution in [0.3, 0.4) is 0 Å². The van der Waals surface area contributed by atoms with E-state index in [1.807, 2.05) is 25.1 Å². The molecule has 1 atom stereocenters. The Morgan fingerprint density at radius 2 is 2.04 bits per heavy atom. The summed E-state index contributed by atoms with van der Waals surface area (Å²) in [5.74, 6) is 0.135. The van der Waals surface area contributed by atoms with E-state index in [9.17, 15) is 9.59 Å². The number of thiophene rings is 1. The molecule has 0 fully saturated rings. The number of rotatable bonds is 5. The van der Waals surface area contributed by atoms with E-state index < -0.39 is 0 Å². The second-order valence-corrected chi connectivity index (χ2v) is 7.82. The molecule has 0 spiro atoms. The van der Waals surface area contributed by atoms with Gasteiger partial charge in [0.25, 0.3) is 5.91 Å². The van der Waals surface area contributed by atoms with Gasteiger partial charge in [0.15, 0.2) is 0 Å². The summed E-state index contributed by atoms with van der Waals surface area (Å²) < 4.78 is 5.27. The third-order valence-electron chi connectivity index (χ3n) is 5.04. The van der Waals surface area contributed by atoms with Crippen molar-refractivity contribution in [3.8, 4) is 0 Å². The molecule has 26 heavy (non-hydrogen) atoms. The molecule has 5 heteroatoms. The molecule has 138 valence electrons. The number of esters is 1. The van der Waals surface area contributed by atoms with Gasteiger partial charge in [-0.1, -0.05) is 31.5 Å². The van der Waals surface area contributed by atoms with Gasteiger partial charge in [0, 0.05) is 10.4 Å². The van der Waals surface area contributed by atoms with Crippen molar-refractivity contribution in [3.63, 3.8) is 0 Å². The maximum atomic E-state index is 12.7. The van der Waals surface area contributed by atoms with E-state index >= 15 is 0 Å². The van der Waals surface area contributed by atoms with Gasteiger partial charge in [-0.3, -0.25) is 4.79 Å². The van der Waals surface area contributed by atoms with E-state index in [1.54, 1.807) is 13.0 Å². The van der Waals surface area contributed by atoms with E-state index in [4.69, 9.17) is 4.74 Å². The second-order valence-electron chi connectivity index (χ2n) is 6.71. The van der Waals surface area contributed by atoms with Crippen molar-refractivity contribution in [3.05, 3.63) is 51.4 Å². The van der Waals surface area contributed by atoms with Crippen LogP contribution >= 0.6 is 11.3 Å². The lowest BCUT2D eigenvalue weighted by atomic mass is 9.85. The zero-order valence-electron chi connectivity index (χ0n) is 15.6. The van der Waals surface area contributed by atoms with Gasteiger partial charge in [-0.2, -0.15) is 0 Å². The molecule has 4 nitrogen and oxygen atoms in total. The molecule has 1 aliphatic carbocycles. The average Bonchev–Trinajstić information content (AvgIpc) is 2.98. The van der Waals surface area contributed by atoms with Crippen LogP contribution in [0.4, 0.5) is 5.00 Å². The molecule has 1 amide bonds. The Morgan fingerprint density at radius 1 is 1.27 bits per heavy atom. The molecule has 1 heterocycles. The summed E-state index contributed by atoms with van der Waals surface area (Å²) in [7, 11) is 0. The van der Waals surface area contributed by atoms with Gasteiger partial charge < -0.3 is 10.1 Å². The number of carbonyl (C=O) groups excluding carboxylic acids is 2. The average molecular weight is 372 g/mol. The largest absolute Gasteiger partial charge is 0.462 e.